The molecule has 2 atom stereocenters. The smallest absolute Gasteiger partial charge is 0.311 e. The molecule has 6 nitrogen and oxygen atoms in total. The van der Waals surface area contributed by atoms with Crippen molar-refractivity contribution in [2.45, 2.75) is 19.4 Å². The lowest BCUT2D eigenvalue weighted by molar-refractivity contribution is -0.385. The Morgan fingerprint density at radius 2 is 2.26 bits per heavy atom. The molecule has 6 heteroatoms. The van der Waals surface area contributed by atoms with Gasteiger partial charge in [-0.2, -0.15) is 0 Å². The quantitative estimate of drug-likeness (QED) is 0.665. The van der Waals surface area contributed by atoms with Crippen molar-refractivity contribution in [1.82, 2.24) is 0 Å². The molecule has 1 saturated heterocycles. The highest BCUT2D eigenvalue weighted by Crippen LogP contribution is 2.32. The first-order chi connectivity index (χ1) is 9.02. The number of hydrogen-bond donors (Lipinski definition) is 1. The molecule has 0 aliphatic carbocycles. The van der Waals surface area contributed by atoms with Crippen molar-refractivity contribution >= 4 is 11.4 Å². The van der Waals surface area contributed by atoms with E-state index in [9.17, 15) is 10.1 Å². The summed E-state index contributed by atoms with van der Waals surface area (Å²) in [5, 5.41) is 10.9. The fourth-order valence-electron chi connectivity index (χ4n) is 2.41. The highest BCUT2D eigenvalue weighted by molar-refractivity contribution is 5.59. The maximum absolute atomic E-state index is 10.9. The summed E-state index contributed by atoms with van der Waals surface area (Å²) in [6, 6.07) is 5.22. The van der Waals surface area contributed by atoms with Crippen LogP contribution in [0.25, 0.3) is 0 Å². The number of piperidine rings is 1. The highest BCUT2D eigenvalue weighted by Gasteiger charge is 2.24. The van der Waals surface area contributed by atoms with Gasteiger partial charge in [0.2, 0.25) is 0 Å². The minimum Gasteiger partial charge on any atom is -0.490 e. The third-order valence-corrected chi connectivity index (χ3v) is 3.70. The fourth-order valence-corrected chi connectivity index (χ4v) is 2.41. The third kappa shape index (κ3) is 2.78. The molecule has 1 aliphatic heterocycles. The number of nitrogens with two attached hydrogens (primary N) is 1. The van der Waals surface area contributed by atoms with Gasteiger partial charge in [0.1, 0.15) is 0 Å². The Morgan fingerprint density at radius 1 is 1.53 bits per heavy atom. The molecule has 1 heterocycles. The molecule has 104 valence electrons. The Morgan fingerprint density at radius 3 is 2.84 bits per heavy atom. The van der Waals surface area contributed by atoms with E-state index in [2.05, 4.69) is 11.8 Å². The predicted octanol–water partition coefficient (Wildman–Crippen LogP) is 1.78. The Bertz CT molecular complexity index is 478. The number of rotatable bonds is 3. The summed E-state index contributed by atoms with van der Waals surface area (Å²) in [7, 11) is 1.45. The molecule has 0 radical (unpaired) electrons. The molecule has 0 saturated carbocycles. The van der Waals surface area contributed by atoms with E-state index in [0.29, 0.717) is 11.7 Å². The molecule has 1 aromatic carbocycles. The van der Waals surface area contributed by atoms with Gasteiger partial charge >= 0.3 is 5.69 Å². The number of nitro groups is 1. The molecular formula is C13H19N3O3. The zero-order valence-electron chi connectivity index (χ0n) is 11.2. The van der Waals surface area contributed by atoms with Crippen LogP contribution in [0.4, 0.5) is 11.4 Å². The number of nitrogens with zero attached hydrogens (tertiary/aromatic N) is 2. The van der Waals surface area contributed by atoms with Gasteiger partial charge in [-0.3, -0.25) is 10.1 Å². The van der Waals surface area contributed by atoms with E-state index in [-0.39, 0.29) is 11.7 Å². The van der Waals surface area contributed by atoms with Crippen molar-refractivity contribution in [2.24, 2.45) is 11.7 Å². The minimum atomic E-state index is -0.433. The van der Waals surface area contributed by atoms with Crippen LogP contribution in [0.2, 0.25) is 0 Å². The molecular weight excluding hydrogens is 246 g/mol. The second kappa shape index (κ2) is 5.44. The standard InChI is InChI=1S/C13H19N3O3/c1-9-8-15(6-5-11(9)14)10-3-4-12(16(17)18)13(7-10)19-2/h3-4,7,9,11H,5-6,8,14H2,1-2H3. The fraction of sp³-hybridized carbons (Fsp3) is 0.538. The van der Waals surface area contributed by atoms with Crippen molar-refractivity contribution in [3.05, 3.63) is 28.3 Å². The number of ether oxygens (including phenoxy) is 1. The summed E-state index contributed by atoms with van der Waals surface area (Å²) in [6.07, 6.45) is 0.931. The lowest BCUT2D eigenvalue weighted by atomic mass is 9.94. The average molecular weight is 265 g/mol. The minimum absolute atomic E-state index is 0.00647. The van der Waals surface area contributed by atoms with E-state index < -0.39 is 4.92 Å². The predicted molar refractivity (Wildman–Crippen MR) is 73.6 cm³/mol. The molecule has 2 rings (SSSR count). The van der Waals surface area contributed by atoms with Gasteiger partial charge in [-0.05, 0) is 18.4 Å². The number of methoxy groups -OCH3 is 1. The second-order valence-corrected chi connectivity index (χ2v) is 4.99. The Kier molecular flexibility index (Phi) is 3.90. The van der Waals surface area contributed by atoms with Crippen molar-refractivity contribution in [3.63, 3.8) is 0 Å². The molecule has 2 N–H and O–H groups in total. The van der Waals surface area contributed by atoms with Crippen molar-refractivity contribution < 1.29 is 9.66 Å². The van der Waals surface area contributed by atoms with Crippen molar-refractivity contribution in [3.8, 4) is 5.75 Å². The number of benzene rings is 1. The number of anilines is 1. The topological polar surface area (TPSA) is 81.6 Å². The van der Waals surface area contributed by atoms with E-state index in [4.69, 9.17) is 10.5 Å². The van der Waals surface area contributed by atoms with Crippen LogP contribution in [0.15, 0.2) is 18.2 Å². The average Bonchev–Trinajstić information content (AvgIpc) is 2.41. The van der Waals surface area contributed by atoms with Gasteiger partial charge in [0.05, 0.1) is 12.0 Å². The SMILES string of the molecule is COc1cc(N2CCC(N)C(C)C2)ccc1[N+](=O)[O-]. The Balaban J connectivity index is 2.24. The van der Waals surface area contributed by atoms with E-state index in [1.54, 1.807) is 12.1 Å². The molecule has 0 aromatic heterocycles. The molecule has 1 aromatic rings. The maximum Gasteiger partial charge on any atom is 0.311 e. The van der Waals surface area contributed by atoms with Gasteiger partial charge in [0, 0.05) is 37.0 Å². The molecule has 2 unspecified atom stereocenters. The summed E-state index contributed by atoms with van der Waals surface area (Å²) in [5.74, 6) is 0.708. The van der Waals surface area contributed by atoms with Crippen LogP contribution in [0.3, 0.4) is 0 Å². The lowest BCUT2D eigenvalue weighted by Crippen LogP contribution is -2.45. The molecule has 19 heavy (non-hydrogen) atoms. The van der Waals surface area contributed by atoms with Crippen LogP contribution >= 0.6 is 0 Å². The van der Waals surface area contributed by atoms with Crippen LogP contribution in [0.1, 0.15) is 13.3 Å². The third-order valence-electron chi connectivity index (χ3n) is 3.70. The molecule has 0 bridgehead atoms. The normalized spacial score (nSPS) is 23.2. The van der Waals surface area contributed by atoms with Gasteiger partial charge < -0.3 is 15.4 Å². The second-order valence-electron chi connectivity index (χ2n) is 4.99. The summed E-state index contributed by atoms with van der Waals surface area (Å²) in [6.45, 7) is 3.86. The van der Waals surface area contributed by atoms with Crippen LogP contribution in [0, 0.1) is 16.0 Å². The van der Waals surface area contributed by atoms with E-state index in [1.165, 1.54) is 13.2 Å². The van der Waals surface area contributed by atoms with E-state index in [0.717, 1.165) is 25.2 Å². The summed E-state index contributed by atoms with van der Waals surface area (Å²) >= 11 is 0. The zero-order chi connectivity index (χ0) is 14.0. The monoisotopic (exact) mass is 265 g/mol. The summed E-state index contributed by atoms with van der Waals surface area (Å²) < 4.78 is 5.09. The van der Waals surface area contributed by atoms with E-state index in [1.807, 2.05) is 0 Å². The summed E-state index contributed by atoms with van der Waals surface area (Å²) in [4.78, 5) is 12.6. The Labute approximate surface area is 112 Å². The van der Waals surface area contributed by atoms with Crippen molar-refractivity contribution in [1.29, 1.82) is 0 Å². The van der Waals surface area contributed by atoms with Crippen molar-refractivity contribution in [2.75, 3.05) is 25.1 Å². The number of nitro benzene ring substituents is 1. The molecule has 0 amide bonds. The van der Waals surface area contributed by atoms with Crippen LogP contribution in [-0.4, -0.2) is 31.2 Å². The van der Waals surface area contributed by atoms with Gasteiger partial charge in [-0.15, -0.1) is 0 Å². The first-order valence-corrected chi connectivity index (χ1v) is 6.36. The Hall–Kier alpha value is -1.82. The van der Waals surface area contributed by atoms with Gasteiger partial charge in [-0.25, -0.2) is 0 Å². The van der Waals surface area contributed by atoms with Gasteiger partial charge in [0.25, 0.3) is 0 Å². The zero-order valence-corrected chi connectivity index (χ0v) is 11.2. The van der Waals surface area contributed by atoms with Gasteiger partial charge in [-0.1, -0.05) is 6.92 Å². The van der Waals surface area contributed by atoms with Crippen LogP contribution in [-0.2, 0) is 0 Å². The molecule has 1 fully saturated rings. The maximum atomic E-state index is 10.9. The van der Waals surface area contributed by atoms with Crippen LogP contribution in [0.5, 0.6) is 5.75 Å². The van der Waals surface area contributed by atoms with E-state index >= 15 is 0 Å². The highest BCUT2D eigenvalue weighted by atomic mass is 16.6. The first kappa shape index (κ1) is 13.6. The summed E-state index contributed by atoms with van der Waals surface area (Å²) in [5.41, 5.74) is 6.94. The lowest BCUT2D eigenvalue weighted by Gasteiger charge is -2.36. The molecule has 0 spiro atoms. The van der Waals surface area contributed by atoms with Gasteiger partial charge in [0.15, 0.2) is 5.75 Å². The number of hydrogen-bond acceptors (Lipinski definition) is 5. The first-order valence-electron chi connectivity index (χ1n) is 6.36. The van der Waals surface area contributed by atoms with Crippen LogP contribution < -0.4 is 15.4 Å². The largest absolute Gasteiger partial charge is 0.490 e. The molecule has 1 aliphatic rings.